The predicted molar refractivity (Wildman–Crippen MR) is 85.7 cm³/mol. The molecule has 1 aliphatic carbocycles. The molecule has 1 unspecified atom stereocenters. The molecule has 5 heteroatoms. The van der Waals surface area contributed by atoms with Gasteiger partial charge in [0.05, 0.1) is 0 Å². The summed E-state index contributed by atoms with van der Waals surface area (Å²) in [6, 6.07) is 2.43. The molecule has 5 nitrogen and oxygen atoms in total. The van der Waals surface area contributed by atoms with Crippen LogP contribution in [-0.2, 0) is 11.2 Å². The van der Waals surface area contributed by atoms with Crippen LogP contribution in [0, 0.1) is 6.92 Å². The number of aryl methyl sites for hydroxylation is 2. The monoisotopic (exact) mass is 302 g/mol. The molecule has 0 radical (unpaired) electrons. The van der Waals surface area contributed by atoms with Crippen molar-refractivity contribution < 1.29 is 4.79 Å². The standard InChI is InChI=1S/C17H26N4O/c1-12-10-15(7-8-16(22)20-14-5-2-6-14)21-17(19-12)13-4-3-9-18-11-13/h10,13-14,18H,2-9,11H2,1H3,(H,20,22). The highest BCUT2D eigenvalue weighted by Crippen LogP contribution is 2.21. The Bertz CT molecular complexity index is 521. The normalized spacial score (nSPS) is 22.1. The van der Waals surface area contributed by atoms with Crippen LogP contribution in [0.5, 0.6) is 0 Å². The minimum absolute atomic E-state index is 0.154. The number of rotatable bonds is 5. The van der Waals surface area contributed by atoms with E-state index in [0.717, 1.165) is 49.6 Å². The van der Waals surface area contributed by atoms with E-state index in [1.165, 1.54) is 12.8 Å². The summed E-state index contributed by atoms with van der Waals surface area (Å²) in [5.41, 5.74) is 2.00. The van der Waals surface area contributed by atoms with Crippen LogP contribution in [0.2, 0.25) is 0 Å². The van der Waals surface area contributed by atoms with Gasteiger partial charge >= 0.3 is 0 Å². The number of nitrogens with zero attached hydrogens (tertiary/aromatic N) is 2. The van der Waals surface area contributed by atoms with E-state index < -0.39 is 0 Å². The lowest BCUT2D eigenvalue weighted by Crippen LogP contribution is -2.39. The molecule has 22 heavy (non-hydrogen) atoms. The number of carbonyl (C=O) groups is 1. The highest BCUT2D eigenvalue weighted by atomic mass is 16.1. The number of aromatic nitrogens is 2. The molecule has 1 saturated heterocycles. The first-order valence-corrected chi connectivity index (χ1v) is 8.55. The van der Waals surface area contributed by atoms with Crippen molar-refractivity contribution in [2.75, 3.05) is 13.1 Å². The van der Waals surface area contributed by atoms with Gasteiger partial charge in [-0.05, 0) is 58.1 Å². The Morgan fingerprint density at radius 1 is 1.32 bits per heavy atom. The summed E-state index contributed by atoms with van der Waals surface area (Å²) in [5, 5.41) is 6.50. The van der Waals surface area contributed by atoms with Crippen molar-refractivity contribution in [3.05, 3.63) is 23.3 Å². The zero-order valence-electron chi connectivity index (χ0n) is 13.4. The number of carbonyl (C=O) groups excluding carboxylic acids is 1. The third kappa shape index (κ3) is 4.03. The van der Waals surface area contributed by atoms with Gasteiger partial charge in [-0.3, -0.25) is 4.79 Å². The van der Waals surface area contributed by atoms with Gasteiger partial charge < -0.3 is 10.6 Å². The highest BCUT2D eigenvalue weighted by Gasteiger charge is 2.20. The fourth-order valence-electron chi connectivity index (χ4n) is 3.14. The van der Waals surface area contributed by atoms with Crippen LogP contribution in [0.4, 0.5) is 0 Å². The van der Waals surface area contributed by atoms with E-state index in [1.807, 2.05) is 13.0 Å². The third-order valence-electron chi connectivity index (χ3n) is 4.67. The second-order valence-corrected chi connectivity index (χ2v) is 6.60. The minimum atomic E-state index is 0.154. The molecule has 0 bridgehead atoms. The number of hydrogen-bond acceptors (Lipinski definition) is 4. The Balaban J connectivity index is 1.57. The molecule has 1 aliphatic heterocycles. The van der Waals surface area contributed by atoms with Gasteiger partial charge in [0.1, 0.15) is 5.82 Å². The molecule has 1 atom stereocenters. The molecule has 0 aromatic carbocycles. The summed E-state index contributed by atoms with van der Waals surface area (Å²) in [7, 11) is 0. The fourth-order valence-corrected chi connectivity index (χ4v) is 3.14. The van der Waals surface area contributed by atoms with Gasteiger partial charge in [-0.1, -0.05) is 0 Å². The summed E-state index contributed by atoms with van der Waals surface area (Å²) >= 11 is 0. The lowest BCUT2D eigenvalue weighted by Gasteiger charge is -2.26. The molecule has 1 amide bonds. The van der Waals surface area contributed by atoms with E-state index in [2.05, 4.69) is 15.6 Å². The summed E-state index contributed by atoms with van der Waals surface area (Å²) in [6.45, 7) is 4.07. The van der Waals surface area contributed by atoms with E-state index in [0.29, 0.717) is 24.8 Å². The van der Waals surface area contributed by atoms with Crippen molar-refractivity contribution in [3.8, 4) is 0 Å². The zero-order valence-corrected chi connectivity index (χ0v) is 13.4. The lowest BCUT2D eigenvalue weighted by molar-refractivity contribution is -0.122. The molecule has 120 valence electrons. The molecule has 2 aliphatic rings. The van der Waals surface area contributed by atoms with Crippen molar-refractivity contribution in [2.24, 2.45) is 0 Å². The lowest BCUT2D eigenvalue weighted by atomic mass is 9.93. The molecule has 2 heterocycles. The Morgan fingerprint density at radius 2 is 2.18 bits per heavy atom. The van der Waals surface area contributed by atoms with Crippen molar-refractivity contribution >= 4 is 5.91 Å². The average Bonchev–Trinajstić information content (AvgIpc) is 2.49. The van der Waals surface area contributed by atoms with E-state index in [1.54, 1.807) is 0 Å². The average molecular weight is 302 g/mol. The summed E-state index contributed by atoms with van der Waals surface area (Å²) < 4.78 is 0. The Morgan fingerprint density at radius 3 is 2.86 bits per heavy atom. The highest BCUT2D eigenvalue weighted by molar-refractivity contribution is 5.76. The van der Waals surface area contributed by atoms with Crippen molar-refractivity contribution in [1.29, 1.82) is 0 Å². The van der Waals surface area contributed by atoms with Crippen molar-refractivity contribution in [1.82, 2.24) is 20.6 Å². The Kier molecular flexibility index (Phi) is 5.03. The molecule has 0 spiro atoms. The van der Waals surface area contributed by atoms with E-state index >= 15 is 0 Å². The first-order chi connectivity index (χ1) is 10.7. The molecule has 3 rings (SSSR count). The van der Waals surface area contributed by atoms with Crippen LogP contribution < -0.4 is 10.6 Å². The topological polar surface area (TPSA) is 66.9 Å². The predicted octanol–water partition coefficient (Wildman–Crippen LogP) is 1.85. The maximum absolute atomic E-state index is 11.9. The zero-order chi connectivity index (χ0) is 15.4. The molecular weight excluding hydrogens is 276 g/mol. The van der Waals surface area contributed by atoms with Gasteiger partial charge in [0.2, 0.25) is 5.91 Å². The van der Waals surface area contributed by atoms with Gasteiger partial charge in [0, 0.05) is 36.3 Å². The molecule has 1 aromatic rings. The maximum atomic E-state index is 11.9. The molecule has 1 aromatic heterocycles. The summed E-state index contributed by atoms with van der Waals surface area (Å²) in [5.74, 6) is 1.51. The SMILES string of the molecule is Cc1cc(CCC(=O)NC2CCC2)nc(C2CCCNC2)n1. The van der Waals surface area contributed by atoms with Crippen LogP contribution in [0.15, 0.2) is 6.07 Å². The number of nitrogens with one attached hydrogen (secondary N) is 2. The van der Waals surface area contributed by atoms with Crippen LogP contribution in [0.3, 0.4) is 0 Å². The number of piperidine rings is 1. The van der Waals surface area contributed by atoms with Gasteiger partial charge in [-0.15, -0.1) is 0 Å². The smallest absolute Gasteiger partial charge is 0.220 e. The quantitative estimate of drug-likeness (QED) is 0.871. The van der Waals surface area contributed by atoms with Crippen molar-refractivity contribution in [2.45, 2.75) is 63.8 Å². The van der Waals surface area contributed by atoms with Gasteiger partial charge in [-0.2, -0.15) is 0 Å². The second kappa shape index (κ2) is 7.18. The maximum Gasteiger partial charge on any atom is 0.220 e. The minimum Gasteiger partial charge on any atom is -0.353 e. The first kappa shape index (κ1) is 15.4. The Hall–Kier alpha value is -1.49. The fraction of sp³-hybridized carbons (Fsp3) is 0.706. The second-order valence-electron chi connectivity index (χ2n) is 6.60. The molecule has 2 fully saturated rings. The van der Waals surface area contributed by atoms with E-state index in [4.69, 9.17) is 4.98 Å². The van der Waals surface area contributed by atoms with Gasteiger partial charge in [0.15, 0.2) is 0 Å². The third-order valence-corrected chi connectivity index (χ3v) is 4.67. The van der Waals surface area contributed by atoms with Crippen LogP contribution in [0.1, 0.15) is 61.7 Å². The van der Waals surface area contributed by atoms with Gasteiger partial charge in [-0.25, -0.2) is 9.97 Å². The number of hydrogen-bond donors (Lipinski definition) is 2. The number of amides is 1. The van der Waals surface area contributed by atoms with Gasteiger partial charge in [0.25, 0.3) is 0 Å². The first-order valence-electron chi connectivity index (χ1n) is 8.55. The molecule has 1 saturated carbocycles. The van der Waals surface area contributed by atoms with Crippen LogP contribution in [-0.4, -0.2) is 35.0 Å². The molecule has 2 N–H and O–H groups in total. The van der Waals surface area contributed by atoms with Crippen LogP contribution >= 0.6 is 0 Å². The molecular formula is C17H26N4O. The van der Waals surface area contributed by atoms with E-state index in [9.17, 15) is 4.79 Å². The Labute approximate surface area is 132 Å². The van der Waals surface area contributed by atoms with Crippen LogP contribution in [0.25, 0.3) is 0 Å². The largest absolute Gasteiger partial charge is 0.353 e. The van der Waals surface area contributed by atoms with Crippen molar-refractivity contribution in [3.63, 3.8) is 0 Å². The summed E-state index contributed by atoms with van der Waals surface area (Å²) in [6.07, 6.45) is 7.08. The summed E-state index contributed by atoms with van der Waals surface area (Å²) in [4.78, 5) is 21.2. The van der Waals surface area contributed by atoms with E-state index in [-0.39, 0.29) is 5.91 Å².